The van der Waals surface area contributed by atoms with E-state index < -0.39 is 0 Å². The Bertz CT molecular complexity index is 725. The normalized spacial score (nSPS) is 10.8. The fourth-order valence-corrected chi connectivity index (χ4v) is 3.18. The van der Waals surface area contributed by atoms with Crippen LogP contribution in [0.5, 0.6) is 5.75 Å². The number of phenolic OH excluding ortho intramolecular Hbond substituents is 1. The predicted octanol–water partition coefficient (Wildman–Crippen LogP) is 3.42. The van der Waals surface area contributed by atoms with E-state index in [1.54, 1.807) is 29.7 Å². The van der Waals surface area contributed by atoms with Crippen molar-refractivity contribution in [1.29, 1.82) is 0 Å². The van der Waals surface area contributed by atoms with E-state index in [9.17, 15) is 5.11 Å². The van der Waals surface area contributed by atoms with Gasteiger partial charge in [0.25, 0.3) is 0 Å². The highest BCUT2D eigenvalue weighted by molar-refractivity contribution is 7.22. The summed E-state index contributed by atoms with van der Waals surface area (Å²) in [6.07, 6.45) is 4.31. The van der Waals surface area contributed by atoms with Crippen LogP contribution in [0.1, 0.15) is 18.1 Å². The van der Waals surface area contributed by atoms with Gasteiger partial charge in [-0.05, 0) is 36.2 Å². The molecular weight excluding hydrogens is 270 g/mol. The third-order valence-electron chi connectivity index (χ3n) is 3.00. The number of thiazole rings is 1. The summed E-state index contributed by atoms with van der Waals surface area (Å²) in [5.41, 5.74) is 3.08. The average Bonchev–Trinajstić information content (AvgIpc) is 2.83. The maximum atomic E-state index is 9.87. The largest absolute Gasteiger partial charge is 0.508 e. The topological polar surface area (TPSA) is 58.0 Å². The summed E-state index contributed by atoms with van der Waals surface area (Å²) < 4.78 is 1.000. The highest BCUT2D eigenvalue weighted by Crippen LogP contribution is 2.32. The molecule has 2 heterocycles. The van der Waals surface area contributed by atoms with E-state index in [1.807, 2.05) is 25.3 Å². The Labute approximate surface area is 121 Å². The van der Waals surface area contributed by atoms with Crippen molar-refractivity contribution < 1.29 is 5.11 Å². The van der Waals surface area contributed by atoms with Gasteiger partial charge in [-0.25, -0.2) is 4.98 Å². The van der Waals surface area contributed by atoms with Gasteiger partial charge in [0.15, 0.2) is 5.13 Å². The molecule has 0 atom stereocenters. The Hall–Kier alpha value is -2.14. The average molecular weight is 285 g/mol. The molecule has 0 saturated heterocycles. The first-order valence-corrected chi connectivity index (χ1v) is 7.33. The van der Waals surface area contributed by atoms with Gasteiger partial charge in [-0.2, -0.15) is 0 Å². The number of nitrogens with one attached hydrogen (secondary N) is 1. The van der Waals surface area contributed by atoms with E-state index in [0.29, 0.717) is 6.42 Å². The Kier molecular flexibility index (Phi) is 3.52. The second kappa shape index (κ2) is 5.46. The number of hydrogen-bond acceptors (Lipinski definition) is 5. The molecule has 0 fully saturated rings. The molecule has 0 bridgehead atoms. The van der Waals surface area contributed by atoms with Gasteiger partial charge in [-0.1, -0.05) is 17.4 Å². The molecule has 4 nitrogen and oxygen atoms in total. The molecule has 0 amide bonds. The third kappa shape index (κ3) is 2.58. The van der Waals surface area contributed by atoms with Gasteiger partial charge in [-0.3, -0.25) is 4.98 Å². The molecule has 1 aromatic carbocycles. The number of anilines is 1. The molecule has 20 heavy (non-hydrogen) atoms. The number of aromatic nitrogens is 2. The molecule has 5 heteroatoms. The summed E-state index contributed by atoms with van der Waals surface area (Å²) in [5, 5.41) is 14.0. The van der Waals surface area contributed by atoms with Crippen molar-refractivity contribution in [2.24, 2.45) is 0 Å². The SMILES string of the molecule is CCNc1nc2c(Cc3cccnc3)cc(O)cc2s1. The Morgan fingerprint density at radius 2 is 2.25 bits per heavy atom. The summed E-state index contributed by atoms with van der Waals surface area (Å²) in [6, 6.07) is 7.49. The molecule has 102 valence electrons. The van der Waals surface area contributed by atoms with Crippen LogP contribution in [0, 0.1) is 0 Å². The van der Waals surface area contributed by atoms with E-state index in [-0.39, 0.29) is 5.75 Å². The van der Waals surface area contributed by atoms with Crippen LogP contribution in [-0.4, -0.2) is 21.6 Å². The molecule has 3 rings (SSSR count). The lowest BCUT2D eigenvalue weighted by molar-refractivity contribution is 0.475. The summed E-state index contributed by atoms with van der Waals surface area (Å²) in [7, 11) is 0. The van der Waals surface area contributed by atoms with Gasteiger partial charge in [0.2, 0.25) is 0 Å². The first kappa shape index (κ1) is 12.9. The highest BCUT2D eigenvalue weighted by Gasteiger charge is 2.10. The van der Waals surface area contributed by atoms with Crippen LogP contribution in [0.2, 0.25) is 0 Å². The quantitative estimate of drug-likeness (QED) is 0.771. The maximum Gasteiger partial charge on any atom is 0.183 e. The summed E-state index contributed by atoms with van der Waals surface area (Å²) in [5.74, 6) is 0.281. The van der Waals surface area contributed by atoms with Crippen molar-refractivity contribution in [3.8, 4) is 5.75 Å². The molecule has 0 unspecified atom stereocenters. The molecule has 0 aliphatic rings. The number of nitrogens with zero attached hydrogens (tertiary/aromatic N) is 2. The monoisotopic (exact) mass is 285 g/mol. The summed E-state index contributed by atoms with van der Waals surface area (Å²) in [6.45, 7) is 2.88. The number of aromatic hydroxyl groups is 1. The molecule has 2 aromatic heterocycles. The van der Waals surface area contributed by atoms with Crippen molar-refractivity contribution in [3.05, 3.63) is 47.8 Å². The van der Waals surface area contributed by atoms with Crippen molar-refractivity contribution in [3.63, 3.8) is 0 Å². The number of phenols is 1. The van der Waals surface area contributed by atoms with E-state index in [1.165, 1.54) is 0 Å². The number of hydrogen-bond donors (Lipinski definition) is 2. The molecule has 0 aliphatic carbocycles. The number of fused-ring (bicyclic) bond motifs is 1. The molecule has 0 saturated carbocycles. The minimum Gasteiger partial charge on any atom is -0.508 e. The van der Waals surface area contributed by atoms with Gasteiger partial charge >= 0.3 is 0 Å². The molecule has 2 N–H and O–H groups in total. The van der Waals surface area contributed by atoms with Crippen LogP contribution < -0.4 is 5.32 Å². The summed E-state index contributed by atoms with van der Waals surface area (Å²) in [4.78, 5) is 8.74. The minimum absolute atomic E-state index is 0.281. The maximum absolute atomic E-state index is 9.87. The molecular formula is C15H15N3OS. The number of rotatable bonds is 4. The standard InChI is InChI=1S/C15H15N3OS/c1-2-17-15-18-14-11(6-10-4-3-5-16-9-10)7-12(19)8-13(14)20-15/h3-5,7-9,19H,2,6H2,1H3,(H,17,18). The first-order valence-electron chi connectivity index (χ1n) is 6.51. The van der Waals surface area contributed by atoms with E-state index in [4.69, 9.17) is 0 Å². The van der Waals surface area contributed by atoms with Gasteiger partial charge in [0.05, 0.1) is 10.2 Å². The van der Waals surface area contributed by atoms with Crippen LogP contribution >= 0.6 is 11.3 Å². The zero-order valence-electron chi connectivity index (χ0n) is 11.1. The zero-order valence-corrected chi connectivity index (χ0v) is 11.9. The second-order valence-electron chi connectivity index (χ2n) is 4.54. The highest BCUT2D eigenvalue weighted by atomic mass is 32.1. The second-order valence-corrected chi connectivity index (χ2v) is 5.57. The van der Waals surface area contributed by atoms with Crippen LogP contribution in [-0.2, 0) is 6.42 Å². The van der Waals surface area contributed by atoms with E-state index >= 15 is 0 Å². The molecule has 0 aliphatic heterocycles. The van der Waals surface area contributed by atoms with E-state index in [2.05, 4.69) is 15.3 Å². The summed E-state index contributed by atoms with van der Waals surface area (Å²) >= 11 is 1.56. The van der Waals surface area contributed by atoms with Crippen molar-refractivity contribution in [2.45, 2.75) is 13.3 Å². The van der Waals surface area contributed by atoms with Gasteiger partial charge in [0, 0.05) is 25.4 Å². The molecule has 0 spiro atoms. The van der Waals surface area contributed by atoms with E-state index in [0.717, 1.165) is 33.0 Å². The predicted molar refractivity (Wildman–Crippen MR) is 82.5 cm³/mol. The Morgan fingerprint density at radius 1 is 1.35 bits per heavy atom. The zero-order chi connectivity index (χ0) is 13.9. The molecule has 0 radical (unpaired) electrons. The number of pyridine rings is 1. The van der Waals surface area contributed by atoms with Crippen LogP contribution in [0.15, 0.2) is 36.7 Å². The Morgan fingerprint density at radius 3 is 3.00 bits per heavy atom. The fraction of sp³-hybridized carbons (Fsp3) is 0.200. The third-order valence-corrected chi connectivity index (χ3v) is 3.96. The lowest BCUT2D eigenvalue weighted by Gasteiger charge is -2.03. The van der Waals surface area contributed by atoms with Gasteiger partial charge in [-0.15, -0.1) is 0 Å². The Balaban J connectivity index is 2.04. The lowest BCUT2D eigenvalue weighted by Crippen LogP contribution is -1.95. The van der Waals surface area contributed by atoms with Crippen LogP contribution in [0.25, 0.3) is 10.2 Å². The minimum atomic E-state index is 0.281. The van der Waals surface area contributed by atoms with Crippen LogP contribution in [0.4, 0.5) is 5.13 Å². The van der Waals surface area contributed by atoms with Crippen molar-refractivity contribution >= 4 is 26.7 Å². The molecule has 3 aromatic rings. The first-order chi connectivity index (χ1) is 9.76. The van der Waals surface area contributed by atoms with Crippen molar-refractivity contribution in [2.75, 3.05) is 11.9 Å². The smallest absolute Gasteiger partial charge is 0.183 e. The fourth-order valence-electron chi connectivity index (χ4n) is 2.17. The van der Waals surface area contributed by atoms with Gasteiger partial charge < -0.3 is 10.4 Å². The van der Waals surface area contributed by atoms with Crippen molar-refractivity contribution in [1.82, 2.24) is 9.97 Å². The van der Waals surface area contributed by atoms with Gasteiger partial charge in [0.1, 0.15) is 5.75 Å². The number of benzene rings is 1. The van der Waals surface area contributed by atoms with Crippen LogP contribution in [0.3, 0.4) is 0 Å². The lowest BCUT2D eigenvalue weighted by atomic mass is 10.1.